The first kappa shape index (κ1) is 19.1. The summed E-state index contributed by atoms with van der Waals surface area (Å²) in [6.07, 6.45) is 1.71. The first-order valence-corrected chi connectivity index (χ1v) is 10.1. The van der Waals surface area contributed by atoms with Gasteiger partial charge in [-0.15, -0.1) is 0 Å². The van der Waals surface area contributed by atoms with Crippen LogP contribution in [0.1, 0.15) is 11.3 Å². The Kier molecular flexibility index (Phi) is 5.86. The Balaban J connectivity index is 1.42. The number of H-pyrrole nitrogens is 1. The Morgan fingerprint density at radius 2 is 1.83 bits per heavy atom. The van der Waals surface area contributed by atoms with Gasteiger partial charge in [0.25, 0.3) is 0 Å². The molecule has 1 N–H and O–H groups in total. The summed E-state index contributed by atoms with van der Waals surface area (Å²) >= 11 is 1.58. The Hall–Kier alpha value is -3.19. The lowest BCUT2D eigenvalue weighted by Crippen LogP contribution is -1.99. The number of aromatic amines is 1. The minimum Gasteiger partial charge on any atom is -0.497 e. The molecule has 148 valence electrons. The number of ether oxygens (including phenoxy) is 3. The number of pyridine rings is 1. The summed E-state index contributed by atoms with van der Waals surface area (Å²) < 4.78 is 16.6. The molecule has 0 aliphatic heterocycles. The van der Waals surface area contributed by atoms with Crippen molar-refractivity contribution in [2.75, 3.05) is 14.2 Å². The van der Waals surface area contributed by atoms with Crippen molar-refractivity contribution in [2.45, 2.75) is 17.5 Å². The van der Waals surface area contributed by atoms with Gasteiger partial charge >= 0.3 is 0 Å². The molecule has 7 heteroatoms. The molecule has 0 fully saturated rings. The molecule has 0 spiro atoms. The van der Waals surface area contributed by atoms with Crippen LogP contribution in [0.2, 0.25) is 0 Å². The van der Waals surface area contributed by atoms with Gasteiger partial charge in [-0.2, -0.15) is 0 Å². The highest BCUT2D eigenvalue weighted by molar-refractivity contribution is 7.98. The van der Waals surface area contributed by atoms with Crippen molar-refractivity contribution >= 4 is 22.8 Å². The van der Waals surface area contributed by atoms with E-state index in [1.165, 1.54) is 0 Å². The van der Waals surface area contributed by atoms with E-state index in [2.05, 4.69) is 15.0 Å². The van der Waals surface area contributed by atoms with Crippen LogP contribution >= 0.6 is 11.8 Å². The number of nitrogens with one attached hydrogen (secondary N) is 1. The molecule has 29 heavy (non-hydrogen) atoms. The topological polar surface area (TPSA) is 69.3 Å². The van der Waals surface area contributed by atoms with E-state index < -0.39 is 0 Å². The normalized spacial score (nSPS) is 10.8. The minimum atomic E-state index is 0.468. The zero-order valence-electron chi connectivity index (χ0n) is 16.2. The van der Waals surface area contributed by atoms with Crippen LogP contribution in [0, 0.1) is 0 Å². The first-order valence-electron chi connectivity index (χ1n) is 9.11. The minimum absolute atomic E-state index is 0.468. The summed E-state index contributed by atoms with van der Waals surface area (Å²) in [5.74, 6) is 2.75. The lowest BCUT2D eigenvalue weighted by Gasteiger charge is -2.11. The monoisotopic (exact) mass is 407 g/mol. The van der Waals surface area contributed by atoms with Gasteiger partial charge < -0.3 is 19.2 Å². The molecule has 0 bridgehead atoms. The Bertz CT molecular complexity index is 1100. The molecule has 0 atom stereocenters. The molecule has 0 unspecified atom stereocenters. The van der Waals surface area contributed by atoms with Gasteiger partial charge in [-0.05, 0) is 17.7 Å². The van der Waals surface area contributed by atoms with Crippen molar-refractivity contribution in [3.63, 3.8) is 0 Å². The number of methoxy groups -OCH3 is 2. The highest BCUT2D eigenvalue weighted by Gasteiger charge is 2.10. The molecule has 0 aliphatic rings. The highest BCUT2D eigenvalue weighted by atomic mass is 32.2. The van der Waals surface area contributed by atoms with Crippen LogP contribution in [0.3, 0.4) is 0 Å². The van der Waals surface area contributed by atoms with Gasteiger partial charge in [0.1, 0.15) is 12.4 Å². The molecule has 2 aromatic heterocycles. The summed E-state index contributed by atoms with van der Waals surface area (Å²) in [5, 5.41) is 0.832. The van der Waals surface area contributed by atoms with Crippen LogP contribution in [0.15, 0.2) is 66.0 Å². The Morgan fingerprint density at radius 3 is 2.62 bits per heavy atom. The number of imidazole rings is 1. The number of hydrogen-bond acceptors (Lipinski definition) is 6. The predicted molar refractivity (Wildman–Crippen MR) is 114 cm³/mol. The quantitative estimate of drug-likeness (QED) is 0.421. The van der Waals surface area contributed by atoms with E-state index >= 15 is 0 Å². The summed E-state index contributed by atoms with van der Waals surface area (Å²) in [4.78, 5) is 12.4. The zero-order valence-corrected chi connectivity index (χ0v) is 17.0. The molecule has 2 aromatic carbocycles. The maximum atomic E-state index is 5.87. The van der Waals surface area contributed by atoms with Gasteiger partial charge in [-0.3, -0.25) is 4.98 Å². The average Bonchev–Trinajstić information content (AvgIpc) is 3.19. The fraction of sp³-hybridized carbons (Fsp3) is 0.182. The summed E-state index contributed by atoms with van der Waals surface area (Å²) in [7, 11) is 3.29. The van der Waals surface area contributed by atoms with E-state index in [4.69, 9.17) is 14.2 Å². The predicted octanol–water partition coefficient (Wildman–Crippen LogP) is 4.85. The number of aromatic nitrogens is 3. The van der Waals surface area contributed by atoms with Crippen LogP contribution in [0.5, 0.6) is 17.2 Å². The van der Waals surface area contributed by atoms with Crippen LogP contribution in [-0.4, -0.2) is 29.2 Å². The maximum absolute atomic E-state index is 5.87. The maximum Gasteiger partial charge on any atom is 0.179 e. The van der Waals surface area contributed by atoms with E-state index in [9.17, 15) is 0 Å². The molecule has 4 aromatic rings. The number of nitrogens with zero attached hydrogens (tertiary/aromatic N) is 2. The number of fused-ring (bicyclic) bond motifs is 1. The van der Waals surface area contributed by atoms with Crippen molar-refractivity contribution in [2.24, 2.45) is 0 Å². The van der Waals surface area contributed by atoms with Crippen LogP contribution in [-0.2, 0) is 12.4 Å². The molecule has 0 amide bonds. The zero-order chi connectivity index (χ0) is 20.1. The summed E-state index contributed by atoms with van der Waals surface area (Å²) in [6.45, 7) is 0.468. The number of hydrogen-bond donors (Lipinski definition) is 1. The molecule has 0 saturated heterocycles. The van der Waals surface area contributed by atoms with Gasteiger partial charge in [0.2, 0.25) is 0 Å². The van der Waals surface area contributed by atoms with Gasteiger partial charge in [0.05, 0.1) is 37.1 Å². The van der Waals surface area contributed by atoms with Crippen LogP contribution in [0.4, 0.5) is 0 Å². The van der Waals surface area contributed by atoms with Crippen molar-refractivity contribution in [1.29, 1.82) is 0 Å². The third kappa shape index (κ3) is 4.63. The third-order valence-corrected chi connectivity index (χ3v) is 5.28. The molecule has 2 heterocycles. The van der Waals surface area contributed by atoms with E-state index in [1.807, 2.05) is 54.6 Å². The number of benzene rings is 2. The van der Waals surface area contributed by atoms with Crippen molar-refractivity contribution in [3.05, 3.63) is 72.1 Å². The van der Waals surface area contributed by atoms with Crippen molar-refractivity contribution < 1.29 is 14.2 Å². The third-order valence-electron chi connectivity index (χ3n) is 4.37. The van der Waals surface area contributed by atoms with Crippen molar-refractivity contribution in [3.8, 4) is 17.2 Å². The second-order valence-corrected chi connectivity index (χ2v) is 7.28. The fourth-order valence-corrected chi connectivity index (χ4v) is 3.64. The standard InChI is InChI=1S/C22H21N3O3S/c1-26-17-8-9-18-19(11-17)25-22(24-18)29-14-16-10-20(27-2)21(12-23-16)28-13-15-6-4-3-5-7-15/h3-12H,13-14H2,1-2H3,(H,24,25). The van der Waals surface area contributed by atoms with Crippen LogP contribution < -0.4 is 14.2 Å². The Labute approximate surface area is 173 Å². The molecular formula is C22H21N3O3S. The van der Waals surface area contributed by atoms with E-state index in [0.717, 1.165) is 33.2 Å². The van der Waals surface area contributed by atoms with Gasteiger partial charge in [-0.25, -0.2) is 4.98 Å². The van der Waals surface area contributed by atoms with Crippen molar-refractivity contribution in [1.82, 2.24) is 15.0 Å². The van der Waals surface area contributed by atoms with E-state index in [-0.39, 0.29) is 0 Å². The lowest BCUT2D eigenvalue weighted by atomic mass is 10.2. The lowest BCUT2D eigenvalue weighted by molar-refractivity contribution is 0.283. The van der Waals surface area contributed by atoms with E-state index in [1.54, 1.807) is 32.2 Å². The fourth-order valence-electron chi connectivity index (χ4n) is 2.85. The molecule has 0 saturated carbocycles. The molecule has 0 radical (unpaired) electrons. The SMILES string of the molecule is COc1ccc2nc(SCc3cc(OC)c(OCc4ccccc4)cn3)[nH]c2c1. The average molecular weight is 407 g/mol. The molecule has 6 nitrogen and oxygen atoms in total. The van der Waals surface area contributed by atoms with Gasteiger partial charge in [0, 0.05) is 17.9 Å². The number of rotatable bonds is 8. The highest BCUT2D eigenvalue weighted by Crippen LogP contribution is 2.30. The summed E-state index contributed by atoms with van der Waals surface area (Å²) in [5.41, 5.74) is 3.83. The summed E-state index contributed by atoms with van der Waals surface area (Å²) in [6, 6.07) is 17.7. The Morgan fingerprint density at radius 1 is 0.966 bits per heavy atom. The molecule has 0 aliphatic carbocycles. The van der Waals surface area contributed by atoms with Gasteiger partial charge in [-0.1, -0.05) is 42.1 Å². The second-order valence-electron chi connectivity index (χ2n) is 6.31. The molecule has 4 rings (SSSR count). The van der Waals surface area contributed by atoms with Gasteiger partial charge in [0.15, 0.2) is 16.7 Å². The molecular weight excluding hydrogens is 386 g/mol. The number of thioether (sulfide) groups is 1. The van der Waals surface area contributed by atoms with E-state index in [0.29, 0.717) is 23.9 Å². The smallest absolute Gasteiger partial charge is 0.179 e. The van der Waals surface area contributed by atoms with Crippen LogP contribution in [0.25, 0.3) is 11.0 Å². The largest absolute Gasteiger partial charge is 0.497 e. The second kappa shape index (κ2) is 8.87. The first-order chi connectivity index (χ1) is 14.2.